The van der Waals surface area contributed by atoms with E-state index in [0.29, 0.717) is 28.1 Å². The normalized spacial score (nSPS) is 9.44. The first-order valence-corrected chi connectivity index (χ1v) is 7.19. The van der Waals surface area contributed by atoms with Crippen LogP contribution >= 0.6 is 0 Å². The van der Waals surface area contributed by atoms with Crippen molar-refractivity contribution >= 4 is 27.0 Å². The Balaban J connectivity index is 0. The predicted molar refractivity (Wildman–Crippen MR) is 65.5 cm³/mol. The van der Waals surface area contributed by atoms with Gasteiger partial charge in [-0.2, -0.15) is 0 Å². The maximum atomic E-state index is 10.4. The quantitative estimate of drug-likeness (QED) is 0.527. The molecule has 0 spiro atoms. The standard InChI is InChI=1S/C6H10O3.2C3H7.Al/c1-2-3-5(7)4-6(8)9;2*1-3-2;/h2-4H2,1H3,(H,8,9);2*3H,1-2H3;/q;;;+1/p-1. The van der Waals surface area contributed by atoms with E-state index in [4.69, 9.17) is 0 Å². The molecule has 0 heterocycles. The van der Waals surface area contributed by atoms with Crippen molar-refractivity contribution in [1.29, 1.82) is 0 Å². The van der Waals surface area contributed by atoms with Crippen LogP contribution in [-0.2, 0) is 9.59 Å². The van der Waals surface area contributed by atoms with E-state index in [9.17, 15) is 14.7 Å². The Morgan fingerprint density at radius 3 is 1.75 bits per heavy atom. The molecule has 3 nitrogen and oxygen atoms in total. The van der Waals surface area contributed by atoms with Gasteiger partial charge in [-0.25, -0.2) is 0 Å². The summed E-state index contributed by atoms with van der Waals surface area (Å²) in [6.45, 7) is 11.0. The van der Waals surface area contributed by atoms with Gasteiger partial charge in [-0.3, -0.25) is 4.79 Å². The van der Waals surface area contributed by atoms with Crippen LogP contribution in [0.5, 0.6) is 0 Å². The molecule has 0 aromatic rings. The number of carboxylic acid groups (broad SMARTS) is 1. The van der Waals surface area contributed by atoms with Gasteiger partial charge < -0.3 is 9.90 Å². The van der Waals surface area contributed by atoms with Gasteiger partial charge in [0.1, 0.15) is 5.78 Å². The van der Waals surface area contributed by atoms with Gasteiger partial charge in [0.25, 0.3) is 0 Å². The third-order valence-electron chi connectivity index (χ3n) is 1.64. The molecule has 0 aromatic carbocycles. The molecule has 0 aliphatic rings. The molecule has 0 rings (SSSR count). The summed E-state index contributed by atoms with van der Waals surface area (Å²) >= 11 is 0.713. The molecule has 0 aromatic heterocycles. The van der Waals surface area contributed by atoms with Gasteiger partial charge in [0, 0.05) is 18.8 Å². The van der Waals surface area contributed by atoms with Crippen LogP contribution in [0.4, 0.5) is 0 Å². The van der Waals surface area contributed by atoms with Gasteiger partial charge in [-0.1, -0.05) is 6.92 Å². The number of hydrogen-bond acceptors (Lipinski definition) is 3. The van der Waals surface area contributed by atoms with E-state index < -0.39 is 12.4 Å². The summed E-state index contributed by atoms with van der Waals surface area (Å²) in [5.74, 6) is -1.54. The minimum absolute atomic E-state index is 0.252. The van der Waals surface area contributed by atoms with Gasteiger partial charge in [-0.15, -0.1) is 0 Å². The number of carbonyl (C=O) groups is 2. The van der Waals surface area contributed by atoms with Gasteiger partial charge in [0.15, 0.2) is 0 Å². The fourth-order valence-electron chi connectivity index (χ4n) is 1.30. The first-order chi connectivity index (χ1) is 7.29. The molecule has 0 fully saturated rings. The van der Waals surface area contributed by atoms with Crippen LogP contribution in [0.15, 0.2) is 0 Å². The third kappa shape index (κ3) is 19.3. The summed E-state index contributed by atoms with van der Waals surface area (Å²) in [6.07, 6.45) is 0.605. The molecule has 0 unspecified atom stereocenters. The van der Waals surface area contributed by atoms with Crippen molar-refractivity contribution < 1.29 is 14.7 Å². The fourth-order valence-corrected chi connectivity index (χ4v) is 2.84. The van der Waals surface area contributed by atoms with E-state index in [-0.39, 0.29) is 5.78 Å². The Bertz CT molecular complexity index is 194. The van der Waals surface area contributed by atoms with E-state index in [1.165, 1.54) is 0 Å². The summed E-state index contributed by atoms with van der Waals surface area (Å²) in [5.41, 5.74) is 0. The van der Waals surface area contributed by atoms with E-state index in [1.807, 2.05) is 6.92 Å². The predicted octanol–water partition coefficient (Wildman–Crippen LogP) is 1.84. The molecule has 0 saturated heterocycles. The molecule has 0 radical (unpaired) electrons. The monoisotopic (exact) mass is 242 g/mol. The average molecular weight is 242 g/mol. The zero-order valence-corrected chi connectivity index (χ0v) is 12.2. The average Bonchev–Trinajstić information content (AvgIpc) is 2.00. The van der Waals surface area contributed by atoms with Crippen LogP contribution in [0.1, 0.15) is 53.9 Å². The van der Waals surface area contributed by atoms with Crippen molar-refractivity contribution in [3.8, 4) is 0 Å². The van der Waals surface area contributed by atoms with Crippen molar-refractivity contribution in [2.45, 2.75) is 63.4 Å². The summed E-state index contributed by atoms with van der Waals surface area (Å²) in [7, 11) is 0. The second-order valence-corrected chi connectivity index (χ2v) is 7.57. The number of carboxylic acids is 1. The third-order valence-corrected chi connectivity index (χ3v) is 3.18. The van der Waals surface area contributed by atoms with Gasteiger partial charge >= 0.3 is 52.5 Å². The van der Waals surface area contributed by atoms with Crippen molar-refractivity contribution in [2.24, 2.45) is 0 Å². The Morgan fingerprint density at radius 1 is 1.12 bits per heavy atom. The van der Waals surface area contributed by atoms with E-state index in [1.54, 1.807) is 0 Å². The van der Waals surface area contributed by atoms with Gasteiger partial charge in [-0.05, 0) is 6.42 Å². The number of carbonyl (C=O) groups excluding carboxylic acids is 2. The van der Waals surface area contributed by atoms with Crippen molar-refractivity contribution in [1.82, 2.24) is 0 Å². The molecular formula is C12H23AlO3. The molecule has 4 heteroatoms. The molecular weight excluding hydrogens is 219 g/mol. The van der Waals surface area contributed by atoms with Crippen molar-refractivity contribution in [2.75, 3.05) is 0 Å². The number of aliphatic carboxylic acids is 1. The van der Waals surface area contributed by atoms with Crippen LogP contribution in [-0.4, -0.2) is 27.0 Å². The van der Waals surface area contributed by atoms with Crippen LogP contribution in [0.3, 0.4) is 0 Å². The Morgan fingerprint density at radius 2 is 1.56 bits per heavy atom. The Hall–Kier alpha value is -0.328. The fraction of sp³-hybridized carbons (Fsp3) is 0.833. The SMILES string of the molecule is CCCC(=O)CC(=O)[O-].C[CH](C)[Al+][CH](C)C. The molecule has 0 N–H and O–H groups in total. The molecule has 0 bridgehead atoms. The van der Waals surface area contributed by atoms with Crippen molar-refractivity contribution in [3.63, 3.8) is 0 Å². The van der Waals surface area contributed by atoms with Crippen molar-refractivity contribution in [3.05, 3.63) is 0 Å². The summed E-state index contributed by atoms with van der Waals surface area (Å²) in [4.78, 5) is 20.2. The number of ketones is 1. The van der Waals surface area contributed by atoms with Gasteiger partial charge in [0.05, 0.1) is 0 Å². The molecule has 0 saturated carbocycles. The molecule has 16 heavy (non-hydrogen) atoms. The summed E-state index contributed by atoms with van der Waals surface area (Å²) in [6, 6.07) is 0. The van der Waals surface area contributed by atoms with Crippen LogP contribution in [0.2, 0.25) is 9.56 Å². The van der Waals surface area contributed by atoms with E-state index in [0.717, 1.165) is 9.56 Å². The second-order valence-electron chi connectivity index (χ2n) is 4.52. The first kappa shape index (κ1) is 18.0. The summed E-state index contributed by atoms with van der Waals surface area (Å²) in [5, 5.41) is 9.75. The summed E-state index contributed by atoms with van der Waals surface area (Å²) < 4.78 is 1.92. The maximum absolute atomic E-state index is 10.4. The van der Waals surface area contributed by atoms with Gasteiger partial charge in [0.2, 0.25) is 0 Å². The van der Waals surface area contributed by atoms with Crippen LogP contribution in [0, 0.1) is 0 Å². The van der Waals surface area contributed by atoms with Crippen LogP contribution in [0.25, 0.3) is 0 Å². The molecule has 0 aliphatic heterocycles. The molecule has 0 amide bonds. The number of rotatable bonds is 6. The zero-order chi connectivity index (χ0) is 13.1. The Labute approximate surface area is 105 Å². The zero-order valence-electron chi connectivity index (χ0n) is 11.1. The first-order valence-electron chi connectivity index (χ1n) is 5.86. The number of hydrogen-bond donors (Lipinski definition) is 0. The second kappa shape index (κ2) is 11.2. The topological polar surface area (TPSA) is 57.2 Å². The molecule has 0 aliphatic carbocycles. The van der Waals surface area contributed by atoms with Crippen LogP contribution < -0.4 is 5.11 Å². The molecule has 92 valence electrons. The minimum atomic E-state index is -1.28. The molecule has 0 atom stereocenters. The van der Waals surface area contributed by atoms with E-state index in [2.05, 4.69) is 27.7 Å². The Kier molecular flexibility index (Phi) is 12.6. The number of Topliss-reactive ketones (excluding diaryl/α,β-unsaturated/α-hetero) is 1. The van der Waals surface area contributed by atoms with E-state index >= 15 is 0 Å².